The Hall–Kier alpha value is -3.85. The Labute approximate surface area is 204 Å². The molecule has 0 bridgehead atoms. The summed E-state index contributed by atoms with van der Waals surface area (Å²) < 4.78 is 39.2. The van der Waals surface area contributed by atoms with Crippen LogP contribution in [-0.2, 0) is 32.6 Å². The molecule has 0 aromatic heterocycles. The normalized spacial score (nSPS) is 11.5. The van der Waals surface area contributed by atoms with Gasteiger partial charge in [-0.25, -0.2) is 13.2 Å². The average molecular weight is 498 g/mol. The molecule has 0 fully saturated rings. The van der Waals surface area contributed by atoms with Gasteiger partial charge in [0.2, 0.25) is 0 Å². The van der Waals surface area contributed by atoms with Gasteiger partial charge in [0, 0.05) is 0 Å². The van der Waals surface area contributed by atoms with Crippen molar-refractivity contribution in [2.24, 2.45) is 0 Å². The molecule has 0 saturated heterocycles. The zero-order valence-electron chi connectivity index (χ0n) is 19.7. The SMILES string of the molecule is CC(C)(C)OC(=O)N(c1cc(CC(=O)O)ccc1OCc1ccccc1)S(=O)(=O)c1ccccc1. The predicted molar refractivity (Wildman–Crippen MR) is 131 cm³/mol. The van der Waals surface area contributed by atoms with Gasteiger partial charge in [-0.15, -0.1) is 0 Å². The second-order valence-electron chi connectivity index (χ2n) is 8.71. The molecule has 0 heterocycles. The number of carbonyl (C=O) groups is 2. The summed E-state index contributed by atoms with van der Waals surface area (Å²) in [6, 6.07) is 20.9. The number of nitrogens with zero attached hydrogens (tertiary/aromatic N) is 1. The zero-order valence-corrected chi connectivity index (χ0v) is 20.5. The number of hydrogen-bond acceptors (Lipinski definition) is 6. The first-order valence-electron chi connectivity index (χ1n) is 10.8. The Morgan fingerprint density at radius 2 is 1.49 bits per heavy atom. The molecular weight excluding hydrogens is 470 g/mol. The van der Waals surface area contributed by atoms with Crippen LogP contribution in [0.2, 0.25) is 0 Å². The van der Waals surface area contributed by atoms with Crippen molar-refractivity contribution in [1.82, 2.24) is 0 Å². The van der Waals surface area contributed by atoms with Crippen molar-refractivity contribution in [3.63, 3.8) is 0 Å². The molecule has 8 nitrogen and oxygen atoms in total. The van der Waals surface area contributed by atoms with Gasteiger partial charge in [-0.2, -0.15) is 4.31 Å². The van der Waals surface area contributed by atoms with E-state index in [1.165, 1.54) is 42.5 Å². The number of carbonyl (C=O) groups excluding carboxylic acids is 1. The minimum Gasteiger partial charge on any atom is -0.487 e. The van der Waals surface area contributed by atoms with Crippen LogP contribution in [0, 0.1) is 0 Å². The molecule has 1 amide bonds. The van der Waals surface area contributed by atoms with Crippen LogP contribution in [0.1, 0.15) is 31.9 Å². The van der Waals surface area contributed by atoms with Crippen LogP contribution < -0.4 is 9.04 Å². The van der Waals surface area contributed by atoms with Crippen LogP contribution in [-0.4, -0.2) is 31.2 Å². The summed E-state index contributed by atoms with van der Waals surface area (Å²) in [6.45, 7) is 4.95. The number of aliphatic carboxylic acids is 1. The Morgan fingerprint density at radius 3 is 2.06 bits per heavy atom. The van der Waals surface area contributed by atoms with Crippen molar-refractivity contribution in [1.29, 1.82) is 0 Å². The van der Waals surface area contributed by atoms with Gasteiger partial charge in [0.15, 0.2) is 0 Å². The fourth-order valence-electron chi connectivity index (χ4n) is 3.19. The second kappa shape index (κ2) is 10.6. The maximum Gasteiger partial charge on any atom is 0.429 e. The third kappa shape index (κ3) is 6.83. The number of amides is 1. The van der Waals surface area contributed by atoms with Crippen molar-refractivity contribution in [3.8, 4) is 5.75 Å². The Morgan fingerprint density at radius 1 is 0.886 bits per heavy atom. The lowest BCUT2D eigenvalue weighted by atomic mass is 10.1. The Balaban J connectivity index is 2.16. The molecule has 9 heteroatoms. The highest BCUT2D eigenvalue weighted by molar-refractivity contribution is 7.93. The molecular formula is C26H27NO7S. The van der Waals surface area contributed by atoms with Crippen LogP contribution in [0.25, 0.3) is 0 Å². The minimum absolute atomic E-state index is 0.0772. The first-order chi connectivity index (χ1) is 16.5. The van der Waals surface area contributed by atoms with Gasteiger partial charge in [0.25, 0.3) is 10.0 Å². The summed E-state index contributed by atoms with van der Waals surface area (Å²) in [6.07, 6.45) is -1.52. The van der Waals surface area contributed by atoms with Crippen LogP contribution in [0.15, 0.2) is 83.8 Å². The maximum absolute atomic E-state index is 13.7. The van der Waals surface area contributed by atoms with Crippen LogP contribution in [0.4, 0.5) is 10.5 Å². The highest BCUT2D eigenvalue weighted by atomic mass is 32.2. The summed E-state index contributed by atoms with van der Waals surface area (Å²) in [5.74, 6) is -1.03. The lowest BCUT2D eigenvalue weighted by Gasteiger charge is -2.28. The lowest BCUT2D eigenvalue weighted by molar-refractivity contribution is -0.136. The number of hydrogen-bond donors (Lipinski definition) is 1. The van der Waals surface area contributed by atoms with Crippen molar-refractivity contribution >= 4 is 27.8 Å². The summed E-state index contributed by atoms with van der Waals surface area (Å²) in [5.41, 5.74) is -0.0254. The molecule has 184 valence electrons. The molecule has 0 spiro atoms. The van der Waals surface area contributed by atoms with Crippen LogP contribution >= 0.6 is 0 Å². The molecule has 1 N–H and O–H groups in total. The van der Waals surface area contributed by atoms with E-state index in [9.17, 15) is 23.1 Å². The predicted octanol–water partition coefficient (Wildman–Crippen LogP) is 5.02. The molecule has 0 radical (unpaired) electrons. The largest absolute Gasteiger partial charge is 0.487 e. The average Bonchev–Trinajstić information content (AvgIpc) is 2.78. The van der Waals surface area contributed by atoms with Crippen LogP contribution in [0.3, 0.4) is 0 Å². The molecule has 0 aliphatic carbocycles. The summed E-state index contributed by atoms with van der Waals surface area (Å²) in [4.78, 5) is 24.5. The number of benzene rings is 3. The van der Waals surface area contributed by atoms with E-state index in [1.54, 1.807) is 26.8 Å². The molecule has 3 aromatic rings. The molecule has 0 atom stereocenters. The first-order valence-corrected chi connectivity index (χ1v) is 12.3. The molecule has 3 aromatic carbocycles. The summed E-state index contributed by atoms with van der Waals surface area (Å²) >= 11 is 0. The maximum atomic E-state index is 13.7. The van der Waals surface area contributed by atoms with Crippen LogP contribution in [0.5, 0.6) is 5.75 Å². The minimum atomic E-state index is -4.45. The van der Waals surface area contributed by atoms with Gasteiger partial charge in [0.1, 0.15) is 23.6 Å². The lowest BCUT2D eigenvalue weighted by Crippen LogP contribution is -2.41. The molecule has 0 aliphatic rings. The Kier molecular flexibility index (Phi) is 7.81. The van der Waals surface area contributed by atoms with Gasteiger partial charge in [-0.1, -0.05) is 54.6 Å². The van der Waals surface area contributed by atoms with E-state index in [1.807, 2.05) is 30.3 Å². The summed E-state index contributed by atoms with van der Waals surface area (Å²) in [5, 5.41) is 9.26. The van der Waals surface area contributed by atoms with E-state index in [0.717, 1.165) is 5.56 Å². The fourth-order valence-corrected chi connectivity index (χ4v) is 4.54. The fraction of sp³-hybridized carbons (Fsp3) is 0.231. The molecule has 0 unspecified atom stereocenters. The van der Waals surface area contributed by atoms with Crippen molar-refractivity contribution in [2.45, 2.75) is 44.3 Å². The van der Waals surface area contributed by atoms with Gasteiger partial charge in [0.05, 0.1) is 11.3 Å². The van der Waals surface area contributed by atoms with E-state index in [4.69, 9.17) is 9.47 Å². The number of carboxylic acids is 1. The van der Waals surface area contributed by atoms with Gasteiger partial charge < -0.3 is 14.6 Å². The number of carboxylic acid groups (broad SMARTS) is 1. The Bertz CT molecular complexity index is 1280. The highest BCUT2D eigenvalue weighted by Gasteiger charge is 2.36. The van der Waals surface area contributed by atoms with E-state index in [2.05, 4.69) is 0 Å². The molecule has 35 heavy (non-hydrogen) atoms. The molecule has 3 rings (SSSR count). The molecule has 0 aliphatic heterocycles. The number of anilines is 1. The standard InChI is InChI=1S/C26H27NO7S/c1-26(2,3)34-25(30)27(35(31,32)21-12-8-5-9-13-21)22-16-20(17-24(28)29)14-15-23(22)33-18-19-10-6-4-7-11-19/h4-16H,17-18H2,1-3H3,(H,28,29). The van der Waals surface area contributed by atoms with Gasteiger partial charge >= 0.3 is 12.1 Å². The van der Waals surface area contributed by atoms with Crippen molar-refractivity contribution in [3.05, 3.63) is 90.0 Å². The van der Waals surface area contributed by atoms with Gasteiger partial charge in [-0.3, -0.25) is 4.79 Å². The van der Waals surface area contributed by atoms with E-state index < -0.39 is 27.7 Å². The van der Waals surface area contributed by atoms with Crippen molar-refractivity contribution < 1.29 is 32.6 Å². The third-order valence-corrected chi connectivity index (χ3v) is 6.37. The topological polar surface area (TPSA) is 110 Å². The van der Waals surface area contributed by atoms with E-state index in [-0.39, 0.29) is 34.9 Å². The van der Waals surface area contributed by atoms with Gasteiger partial charge in [-0.05, 0) is 56.2 Å². The number of ether oxygens (including phenoxy) is 2. The third-order valence-electron chi connectivity index (χ3n) is 4.68. The zero-order chi connectivity index (χ0) is 25.6. The van der Waals surface area contributed by atoms with Crippen molar-refractivity contribution in [2.75, 3.05) is 4.31 Å². The molecule has 0 saturated carbocycles. The number of sulfonamides is 1. The highest BCUT2D eigenvalue weighted by Crippen LogP contribution is 2.35. The van der Waals surface area contributed by atoms with E-state index >= 15 is 0 Å². The quantitative estimate of drug-likeness (QED) is 0.465. The monoisotopic (exact) mass is 497 g/mol. The summed E-state index contributed by atoms with van der Waals surface area (Å²) in [7, 11) is -4.45. The first kappa shape index (κ1) is 25.8. The smallest absolute Gasteiger partial charge is 0.429 e. The number of rotatable bonds is 8. The van der Waals surface area contributed by atoms with E-state index in [0.29, 0.717) is 4.31 Å². The second-order valence-corrected chi connectivity index (χ2v) is 10.5.